The minimum absolute atomic E-state index is 0.0873. The van der Waals surface area contributed by atoms with Gasteiger partial charge in [-0.1, -0.05) is 31.1 Å². The van der Waals surface area contributed by atoms with Gasteiger partial charge in [0.25, 0.3) is 10.0 Å². The molecule has 1 aromatic carbocycles. The Hall–Kier alpha value is -2.15. The third kappa shape index (κ3) is 3.44. The van der Waals surface area contributed by atoms with Gasteiger partial charge in [0.05, 0.1) is 10.6 Å². The fraction of sp³-hybridized carbons (Fsp3) is 0.375. The number of amides is 1. The summed E-state index contributed by atoms with van der Waals surface area (Å²) in [6, 6.07) is 5.28. The molecule has 1 heterocycles. The minimum atomic E-state index is -3.98. The maximum atomic E-state index is 12.6. The number of sulfonamides is 1. The molecule has 0 spiro atoms. The van der Waals surface area contributed by atoms with Gasteiger partial charge < -0.3 is 4.52 Å². The first-order valence-electron chi connectivity index (χ1n) is 7.42. The molecular formula is C16H20N2O4S. The van der Waals surface area contributed by atoms with Gasteiger partial charge in [0.1, 0.15) is 0 Å². The van der Waals surface area contributed by atoms with Gasteiger partial charge >= 0.3 is 5.91 Å². The standard InChI is InChI=1S/C16H20N2O4S/c1-5-12-7-8-13(6-2)14(9-12)23(20,21)18-16(19)15-10(3)11(4)17-22-15/h7-9H,5-6H2,1-4H3,(H,18,19). The van der Waals surface area contributed by atoms with Crippen LogP contribution in [-0.4, -0.2) is 19.5 Å². The third-order valence-corrected chi connectivity index (χ3v) is 5.21. The zero-order valence-electron chi connectivity index (χ0n) is 13.6. The Bertz CT molecular complexity index is 838. The molecule has 23 heavy (non-hydrogen) atoms. The summed E-state index contributed by atoms with van der Waals surface area (Å²) in [6.07, 6.45) is 1.26. The van der Waals surface area contributed by atoms with Crippen LogP contribution in [0.15, 0.2) is 27.6 Å². The number of rotatable bonds is 5. The molecular weight excluding hydrogens is 316 g/mol. The number of benzene rings is 1. The van der Waals surface area contributed by atoms with Crippen LogP contribution in [0.25, 0.3) is 0 Å². The smallest absolute Gasteiger partial charge is 0.303 e. The first-order valence-corrected chi connectivity index (χ1v) is 8.90. The van der Waals surface area contributed by atoms with Crippen LogP contribution >= 0.6 is 0 Å². The number of hydrogen-bond donors (Lipinski definition) is 1. The highest BCUT2D eigenvalue weighted by molar-refractivity contribution is 7.90. The molecule has 1 N–H and O–H groups in total. The largest absolute Gasteiger partial charge is 0.350 e. The summed E-state index contributed by atoms with van der Waals surface area (Å²) in [7, 11) is -3.98. The van der Waals surface area contributed by atoms with Crippen LogP contribution in [0.2, 0.25) is 0 Å². The van der Waals surface area contributed by atoms with E-state index in [1.54, 1.807) is 26.0 Å². The third-order valence-electron chi connectivity index (χ3n) is 3.80. The maximum absolute atomic E-state index is 12.6. The van der Waals surface area contributed by atoms with E-state index >= 15 is 0 Å². The summed E-state index contributed by atoms with van der Waals surface area (Å²) in [5.74, 6) is -0.900. The zero-order chi connectivity index (χ0) is 17.2. The van der Waals surface area contributed by atoms with Gasteiger partial charge in [-0.3, -0.25) is 4.79 Å². The van der Waals surface area contributed by atoms with Crippen molar-refractivity contribution in [2.24, 2.45) is 0 Å². The van der Waals surface area contributed by atoms with Gasteiger partial charge in [0.2, 0.25) is 5.76 Å². The van der Waals surface area contributed by atoms with Crippen molar-refractivity contribution in [1.29, 1.82) is 0 Å². The van der Waals surface area contributed by atoms with E-state index in [0.717, 1.165) is 5.56 Å². The summed E-state index contributed by atoms with van der Waals surface area (Å²) >= 11 is 0. The van der Waals surface area contributed by atoms with Gasteiger partial charge in [-0.2, -0.15) is 0 Å². The highest BCUT2D eigenvalue weighted by atomic mass is 32.2. The van der Waals surface area contributed by atoms with Crippen LogP contribution < -0.4 is 4.72 Å². The second kappa shape index (κ2) is 6.54. The lowest BCUT2D eigenvalue weighted by molar-refractivity contribution is 0.0944. The average molecular weight is 336 g/mol. The molecule has 1 aromatic heterocycles. The molecule has 0 aliphatic carbocycles. The number of hydrogen-bond acceptors (Lipinski definition) is 5. The molecule has 0 aliphatic rings. The minimum Gasteiger partial charge on any atom is -0.350 e. The van der Waals surface area contributed by atoms with Crippen LogP contribution in [0.1, 0.15) is 46.8 Å². The van der Waals surface area contributed by atoms with Crippen molar-refractivity contribution in [3.63, 3.8) is 0 Å². The van der Waals surface area contributed by atoms with Crippen LogP contribution in [0.3, 0.4) is 0 Å². The van der Waals surface area contributed by atoms with E-state index < -0.39 is 15.9 Å². The summed E-state index contributed by atoms with van der Waals surface area (Å²) < 4.78 is 32.2. The molecule has 0 unspecified atom stereocenters. The molecule has 0 atom stereocenters. The molecule has 0 aliphatic heterocycles. The lowest BCUT2D eigenvalue weighted by Crippen LogP contribution is -2.31. The van der Waals surface area contributed by atoms with Gasteiger partial charge in [-0.25, -0.2) is 13.1 Å². The lowest BCUT2D eigenvalue weighted by Gasteiger charge is -2.11. The molecule has 0 saturated heterocycles. The predicted octanol–water partition coefficient (Wildman–Crippen LogP) is 2.53. The fourth-order valence-electron chi connectivity index (χ4n) is 2.21. The molecule has 1 amide bonds. The van der Waals surface area contributed by atoms with E-state index in [0.29, 0.717) is 29.7 Å². The van der Waals surface area contributed by atoms with E-state index in [1.165, 1.54) is 0 Å². The monoisotopic (exact) mass is 336 g/mol. The normalized spacial score (nSPS) is 11.5. The second-order valence-electron chi connectivity index (χ2n) is 5.31. The van der Waals surface area contributed by atoms with E-state index in [9.17, 15) is 13.2 Å². The summed E-state index contributed by atoms with van der Waals surface area (Å²) in [6.45, 7) is 7.15. The average Bonchev–Trinajstić information content (AvgIpc) is 2.86. The summed E-state index contributed by atoms with van der Waals surface area (Å²) in [5, 5.41) is 3.67. The fourth-order valence-corrected chi connectivity index (χ4v) is 3.52. The molecule has 124 valence electrons. The molecule has 0 fully saturated rings. The Kier molecular flexibility index (Phi) is 4.89. The van der Waals surface area contributed by atoms with Crippen molar-refractivity contribution >= 4 is 15.9 Å². The van der Waals surface area contributed by atoms with Crippen LogP contribution in [0.4, 0.5) is 0 Å². The van der Waals surface area contributed by atoms with Crippen molar-refractivity contribution in [2.75, 3.05) is 0 Å². The van der Waals surface area contributed by atoms with Crippen LogP contribution in [-0.2, 0) is 22.9 Å². The highest BCUT2D eigenvalue weighted by Gasteiger charge is 2.25. The molecule has 0 radical (unpaired) electrons. The number of carbonyl (C=O) groups excluding carboxylic acids is 1. The second-order valence-corrected chi connectivity index (χ2v) is 6.96. The molecule has 0 saturated carbocycles. The van der Waals surface area contributed by atoms with Crippen molar-refractivity contribution in [2.45, 2.75) is 45.4 Å². The highest BCUT2D eigenvalue weighted by Crippen LogP contribution is 2.20. The Balaban J connectivity index is 2.39. The SMILES string of the molecule is CCc1ccc(CC)c(S(=O)(=O)NC(=O)c2onc(C)c2C)c1. The van der Waals surface area contributed by atoms with Crippen molar-refractivity contribution < 1.29 is 17.7 Å². The number of aryl methyl sites for hydroxylation is 3. The molecule has 2 rings (SSSR count). The van der Waals surface area contributed by atoms with Crippen LogP contribution in [0, 0.1) is 13.8 Å². The maximum Gasteiger partial charge on any atom is 0.303 e. The summed E-state index contributed by atoms with van der Waals surface area (Å²) in [4.78, 5) is 12.3. The van der Waals surface area contributed by atoms with Crippen LogP contribution in [0.5, 0.6) is 0 Å². The topological polar surface area (TPSA) is 89.3 Å². The van der Waals surface area contributed by atoms with Crippen molar-refractivity contribution in [1.82, 2.24) is 9.88 Å². The van der Waals surface area contributed by atoms with Gasteiger partial charge in [-0.05, 0) is 43.9 Å². The quantitative estimate of drug-likeness (QED) is 0.906. The Morgan fingerprint density at radius 3 is 2.43 bits per heavy atom. The first-order chi connectivity index (χ1) is 10.8. The van der Waals surface area contributed by atoms with E-state index in [4.69, 9.17) is 4.52 Å². The zero-order valence-corrected chi connectivity index (χ0v) is 14.5. The molecule has 7 heteroatoms. The number of nitrogens with one attached hydrogen (secondary N) is 1. The van der Waals surface area contributed by atoms with Crippen molar-refractivity contribution in [3.8, 4) is 0 Å². The van der Waals surface area contributed by atoms with E-state index in [1.807, 2.05) is 19.9 Å². The lowest BCUT2D eigenvalue weighted by atomic mass is 10.1. The Morgan fingerprint density at radius 1 is 1.22 bits per heavy atom. The molecule has 0 bridgehead atoms. The van der Waals surface area contributed by atoms with Gasteiger partial charge in [0.15, 0.2) is 0 Å². The summed E-state index contributed by atoms with van der Waals surface area (Å²) in [5.41, 5.74) is 2.63. The molecule has 2 aromatic rings. The van der Waals surface area contributed by atoms with Crippen molar-refractivity contribution in [3.05, 3.63) is 46.3 Å². The first kappa shape index (κ1) is 17.2. The molecule has 6 nitrogen and oxygen atoms in total. The number of carbonyl (C=O) groups is 1. The van der Waals surface area contributed by atoms with E-state index in [2.05, 4.69) is 9.88 Å². The predicted molar refractivity (Wildman–Crippen MR) is 85.8 cm³/mol. The number of nitrogens with zero attached hydrogens (tertiary/aromatic N) is 1. The van der Waals surface area contributed by atoms with Gasteiger partial charge in [-0.15, -0.1) is 0 Å². The Labute approximate surface area is 135 Å². The van der Waals surface area contributed by atoms with Gasteiger partial charge in [0, 0.05) is 5.56 Å². The van der Waals surface area contributed by atoms with E-state index in [-0.39, 0.29) is 10.7 Å². The number of aromatic nitrogens is 1. The Morgan fingerprint density at radius 2 is 1.91 bits per heavy atom.